The Hall–Kier alpha value is -1.09. The van der Waals surface area contributed by atoms with Crippen molar-refractivity contribution in [1.29, 1.82) is 0 Å². The number of nitrogens with two attached hydrogens (primary N) is 1. The van der Waals surface area contributed by atoms with Crippen LogP contribution in [0.15, 0.2) is 18.2 Å². The SMILES string of the molecule is CCc1cccc(CC)c1NCC(C)C(N)=S. The summed E-state index contributed by atoms with van der Waals surface area (Å²) in [6.07, 6.45) is 2.08. The first kappa shape index (κ1) is 14.0. The van der Waals surface area contributed by atoms with Gasteiger partial charge in [-0.15, -0.1) is 0 Å². The Morgan fingerprint density at radius 1 is 1.29 bits per heavy atom. The summed E-state index contributed by atoms with van der Waals surface area (Å²) in [6, 6.07) is 6.47. The molecule has 17 heavy (non-hydrogen) atoms. The molecule has 0 saturated heterocycles. The van der Waals surface area contributed by atoms with Crippen LogP contribution in [0, 0.1) is 5.92 Å². The average Bonchev–Trinajstić information content (AvgIpc) is 2.34. The van der Waals surface area contributed by atoms with Crippen LogP contribution in [0.25, 0.3) is 0 Å². The van der Waals surface area contributed by atoms with Gasteiger partial charge in [-0.25, -0.2) is 0 Å². The zero-order valence-electron chi connectivity index (χ0n) is 10.9. The summed E-state index contributed by atoms with van der Waals surface area (Å²) in [5.74, 6) is 0.222. The van der Waals surface area contributed by atoms with Gasteiger partial charge in [0.2, 0.25) is 0 Å². The van der Waals surface area contributed by atoms with Gasteiger partial charge in [0.15, 0.2) is 0 Å². The second kappa shape index (κ2) is 6.60. The van der Waals surface area contributed by atoms with Gasteiger partial charge in [0.25, 0.3) is 0 Å². The molecule has 1 aromatic carbocycles. The van der Waals surface area contributed by atoms with Gasteiger partial charge in [-0.05, 0) is 24.0 Å². The van der Waals surface area contributed by atoms with Crippen LogP contribution in [0.1, 0.15) is 31.9 Å². The predicted octanol–water partition coefficient (Wildman–Crippen LogP) is 3.15. The molecule has 94 valence electrons. The molecule has 1 aromatic rings. The highest BCUT2D eigenvalue weighted by atomic mass is 32.1. The topological polar surface area (TPSA) is 38.0 Å². The average molecular weight is 250 g/mol. The fourth-order valence-electron chi connectivity index (χ4n) is 1.83. The Bertz CT molecular complexity index is 366. The number of rotatable bonds is 6. The van der Waals surface area contributed by atoms with Crippen LogP contribution >= 0.6 is 12.2 Å². The lowest BCUT2D eigenvalue weighted by Crippen LogP contribution is -2.25. The third kappa shape index (κ3) is 3.70. The van der Waals surface area contributed by atoms with E-state index in [9.17, 15) is 0 Å². The Balaban J connectivity index is 2.84. The molecule has 0 aliphatic heterocycles. The third-order valence-corrected chi connectivity index (χ3v) is 3.47. The Morgan fingerprint density at radius 2 is 1.82 bits per heavy atom. The highest BCUT2D eigenvalue weighted by Crippen LogP contribution is 2.22. The molecule has 0 amide bonds. The monoisotopic (exact) mass is 250 g/mol. The van der Waals surface area contributed by atoms with Gasteiger partial charge in [0, 0.05) is 18.2 Å². The summed E-state index contributed by atoms with van der Waals surface area (Å²) in [4.78, 5) is 0.574. The van der Waals surface area contributed by atoms with Crippen molar-refractivity contribution in [3.63, 3.8) is 0 Å². The predicted molar refractivity (Wildman–Crippen MR) is 79.6 cm³/mol. The number of nitrogens with one attached hydrogen (secondary N) is 1. The van der Waals surface area contributed by atoms with Crippen LogP contribution in [0.4, 0.5) is 5.69 Å². The zero-order chi connectivity index (χ0) is 12.8. The molecule has 0 aliphatic carbocycles. The van der Waals surface area contributed by atoms with Gasteiger partial charge < -0.3 is 11.1 Å². The van der Waals surface area contributed by atoms with Crippen LogP contribution in [0.3, 0.4) is 0 Å². The molecule has 0 heterocycles. The molecule has 0 aliphatic rings. The molecule has 1 atom stereocenters. The smallest absolute Gasteiger partial charge is 0.0773 e. The second-order valence-corrected chi connectivity index (χ2v) is 4.81. The summed E-state index contributed by atoms with van der Waals surface area (Å²) < 4.78 is 0. The van der Waals surface area contributed by atoms with Crippen LogP contribution < -0.4 is 11.1 Å². The molecular weight excluding hydrogens is 228 g/mol. The fourth-order valence-corrected chi connectivity index (χ4v) is 1.91. The van der Waals surface area contributed by atoms with E-state index in [4.69, 9.17) is 18.0 Å². The molecule has 3 heteroatoms. The van der Waals surface area contributed by atoms with E-state index in [1.807, 2.05) is 0 Å². The number of hydrogen-bond donors (Lipinski definition) is 2. The lowest BCUT2D eigenvalue weighted by molar-refractivity contribution is 0.817. The quantitative estimate of drug-likeness (QED) is 0.762. The van der Waals surface area contributed by atoms with Crippen molar-refractivity contribution < 1.29 is 0 Å². The van der Waals surface area contributed by atoms with Crippen molar-refractivity contribution in [1.82, 2.24) is 0 Å². The van der Waals surface area contributed by atoms with Gasteiger partial charge >= 0.3 is 0 Å². The number of para-hydroxylation sites is 1. The van der Waals surface area contributed by atoms with Gasteiger partial charge in [-0.2, -0.15) is 0 Å². The van der Waals surface area contributed by atoms with E-state index >= 15 is 0 Å². The van der Waals surface area contributed by atoms with Crippen molar-refractivity contribution in [2.45, 2.75) is 33.6 Å². The van der Waals surface area contributed by atoms with Gasteiger partial charge in [0.05, 0.1) is 4.99 Å². The fraction of sp³-hybridized carbons (Fsp3) is 0.500. The van der Waals surface area contributed by atoms with E-state index in [2.05, 4.69) is 44.3 Å². The molecule has 0 spiro atoms. The highest BCUT2D eigenvalue weighted by Gasteiger charge is 2.09. The minimum absolute atomic E-state index is 0.222. The van der Waals surface area contributed by atoms with Crippen LogP contribution in [0.5, 0.6) is 0 Å². The summed E-state index contributed by atoms with van der Waals surface area (Å²) in [7, 11) is 0. The number of benzene rings is 1. The maximum Gasteiger partial charge on any atom is 0.0773 e. The van der Waals surface area contributed by atoms with Crippen molar-refractivity contribution in [3.05, 3.63) is 29.3 Å². The van der Waals surface area contributed by atoms with Gasteiger partial charge in [-0.3, -0.25) is 0 Å². The molecule has 0 radical (unpaired) electrons. The van der Waals surface area contributed by atoms with Gasteiger partial charge in [0.1, 0.15) is 0 Å². The molecule has 0 aromatic heterocycles. The van der Waals surface area contributed by atoms with E-state index in [-0.39, 0.29) is 5.92 Å². The maximum absolute atomic E-state index is 5.63. The van der Waals surface area contributed by atoms with E-state index < -0.39 is 0 Å². The lowest BCUT2D eigenvalue weighted by Gasteiger charge is -2.18. The number of thiocarbonyl (C=S) groups is 1. The molecule has 3 N–H and O–H groups in total. The first-order chi connectivity index (χ1) is 8.10. The molecule has 0 bridgehead atoms. The van der Waals surface area contributed by atoms with E-state index in [0.29, 0.717) is 4.99 Å². The number of hydrogen-bond acceptors (Lipinski definition) is 2. The minimum atomic E-state index is 0.222. The molecule has 1 unspecified atom stereocenters. The van der Waals surface area contributed by atoms with E-state index in [1.165, 1.54) is 16.8 Å². The Labute approximate surface area is 110 Å². The minimum Gasteiger partial charge on any atom is -0.393 e. The van der Waals surface area contributed by atoms with E-state index in [0.717, 1.165) is 19.4 Å². The summed E-state index contributed by atoms with van der Waals surface area (Å²) >= 11 is 4.99. The maximum atomic E-state index is 5.63. The van der Waals surface area contributed by atoms with E-state index in [1.54, 1.807) is 0 Å². The number of anilines is 1. The molecule has 2 nitrogen and oxygen atoms in total. The first-order valence-corrected chi connectivity index (χ1v) is 6.64. The Kier molecular flexibility index (Phi) is 5.42. The van der Waals surface area contributed by atoms with Gasteiger partial charge in [-0.1, -0.05) is 51.2 Å². The second-order valence-electron chi connectivity index (χ2n) is 4.34. The first-order valence-electron chi connectivity index (χ1n) is 6.24. The lowest BCUT2D eigenvalue weighted by atomic mass is 10.0. The van der Waals surface area contributed by atoms with Crippen molar-refractivity contribution in [2.75, 3.05) is 11.9 Å². The Morgan fingerprint density at radius 3 is 2.24 bits per heavy atom. The largest absolute Gasteiger partial charge is 0.393 e. The van der Waals surface area contributed by atoms with Crippen molar-refractivity contribution >= 4 is 22.9 Å². The van der Waals surface area contributed by atoms with Crippen LogP contribution in [0.2, 0.25) is 0 Å². The standard InChI is InChI=1S/C14H22N2S/c1-4-11-7-6-8-12(5-2)13(11)16-9-10(3)14(15)17/h6-8,10,16H,4-5,9H2,1-3H3,(H2,15,17). The van der Waals surface area contributed by atoms with Crippen molar-refractivity contribution in [3.8, 4) is 0 Å². The molecule has 1 rings (SSSR count). The van der Waals surface area contributed by atoms with Crippen molar-refractivity contribution in [2.24, 2.45) is 11.7 Å². The number of aryl methyl sites for hydroxylation is 2. The van der Waals surface area contributed by atoms with Crippen LogP contribution in [-0.4, -0.2) is 11.5 Å². The molecular formula is C14H22N2S. The third-order valence-electron chi connectivity index (χ3n) is 3.07. The highest BCUT2D eigenvalue weighted by molar-refractivity contribution is 7.80. The summed E-state index contributed by atoms with van der Waals surface area (Å²) in [5, 5.41) is 3.50. The van der Waals surface area contributed by atoms with Crippen LogP contribution in [-0.2, 0) is 12.8 Å². The summed E-state index contributed by atoms with van der Waals surface area (Å²) in [6.45, 7) is 7.21. The summed E-state index contributed by atoms with van der Waals surface area (Å²) in [5.41, 5.74) is 9.62. The molecule has 0 saturated carbocycles. The zero-order valence-corrected chi connectivity index (χ0v) is 11.7. The molecule has 0 fully saturated rings. The normalized spacial score (nSPS) is 12.2.